The maximum atomic E-state index is 5.75. The van der Waals surface area contributed by atoms with E-state index in [0.717, 1.165) is 29.9 Å². The Hall–Kier alpha value is -0.230. The second-order valence-electron chi connectivity index (χ2n) is 3.02. The van der Waals surface area contributed by atoms with Crippen molar-refractivity contribution in [3.63, 3.8) is 0 Å². The molecule has 64 valence electrons. The third-order valence-corrected chi connectivity index (χ3v) is 2.37. The predicted molar refractivity (Wildman–Crippen MR) is 53.1 cm³/mol. The molecule has 0 fully saturated rings. The monoisotopic (exact) mass is 172 g/mol. The first kappa shape index (κ1) is 10.8. The number of halogens is 1. The molecule has 0 nitrogen and oxygen atoms in total. The molecule has 11 heavy (non-hydrogen) atoms. The maximum absolute atomic E-state index is 5.75. The number of hydrogen-bond acceptors (Lipinski definition) is 0. The third-order valence-electron chi connectivity index (χ3n) is 1.93. The zero-order valence-electron chi connectivity index (χ0n) is 7.49. The highest BCUT2D eigenvalue weighted by atomic mass is 35.5. The second kappa shape index (κ2) is 5.42. The molecule has 0 spiro atoms. The number of hydrogen-bond donors (Lipinski definition) is 0. The van der Waals surface area contributed by atoms with Crippen LogP contribution >= 0.6 is 11.6 Å². The van der Waals surface area contributed by atoms with Gasteiger partial charge in [-0.3, -0.25) is 0 Å². The van der Waals surface area contributed by atoms with Gasteiger partial charge in [0.15, 0.2) is 0 Å². The fourth-order valence-corrected chi connectivity index (χ4v) is 1.16. The molecule has 0 aromatic heterocycles. The zero-order chi connectivity index (χ0) is 8.85. The van der Waals surface area contributed by atoms with E-state index in [1.165, 1.54) is 0 Å². The van der Waals surface area contributed by atoms with Gasteiger partial charge in [-0.2, -0.15) is 0 Å². The first-order valence-corrected chi connectivity index (χ1v) is 4.54. The molecule has 1 unspecified atom stereocenters. The third kappa shape index (κ3) is 4.26. The Morgan fingerprint density at radius 1 is 1.45 bits per heavy atom. The van der Waals surface area contributed by atoms with Crippen LogP contribution in [-0.2, 0) is 0 Å². The molecule has 0 N–H and O–H groups in total. The Morgan fingerprint density at radius 3 is 2.27 bits per heavy atom. The van der Waals surface area contributed by atoms with Crippen LogP contribution in [0.25, 0.3) is 0 Å². The van der Waals surface area contributed by atoms with Crippen molar-refractivity contribution in [2.45, 2.75) is 26.7 Å². The standard InChI is InChI=1S/C10H17Cl/c1-5-10(7-11)6-9(4)8(2)3/h10H,2,4-7H2,1,3H3. The van der Waals surface area contributed by atoms with Gasteiger partial charge in [-0.05, 0) is 19.3 Å². The Labute approximate surface area is 74.9 Å². The molecule has 0 aliphatic carbocycles. The highest BCUT2D eigenvalue weighted by Crippen LogP contribution is 2.19. The van der Waals surface area contributed by atoms with Crippen molar-refractivity contribution in [1.29, 1.82) is 0 Å². The van der Waals surface area contributed by atoms with E-state index in [4.69, 9.17) is 11.6 Å². The van der Waals surface area contributed by atoms with E-state index in [1.54, 1.807) is 0 Å². The predicted octanol–water partition coefficient (Wildman–Crippen LogP) is 3.77. The van der Waals surface area contributed by atoms with Crippen molar-refractivity contribution < 1.29 is 0 Å². The second-order valence-corrected chi connectivity index (χ2v) is 3.33. The van der Waals surface area contributed by atoms with E-state index < -0.39 is 0 Å². The number of alkyl halides is 1. The summed E-state index contributed by atoms with van der Waals surface area (Å²) >= 11 is 5.75. The largest absolute Gasteiger partial charge is 0.126 e. The Balaban J connectivity index is 3.81. The minimum atomic E-state index is 0.570. The summed E-state index contributed by atoms with van der Waals surface area (Å²) in [5, 5.41) is 0. The van der Waals surface area contributed by atoms with Gasteiger partial charge in [0.2, 0.25) is 0 Å². The quantitative estimate of drug-likeness (QED) is 0.438. The van der Waals surface area contributed by atoms with E-state index in [2.05, 4.69) is 20.1 Å². The molecule has 0 radical (unpaired) electrons. The first-order valence-electron chi connectivity index (χ1n) is 4.01. The van der Waals surface area contributed by atoms with E-state index >= 15 is 0 Å². The maximum Gasteiger partial charge on any atom is 0.0254 e. The summed E-state index contributed by atoms with van der Waals surface area (Å²) in [4.78, 5) is 0. The van der Waals surface area contributed by atoms with Crippen LogP contribution in [0, 0.1) is 5.92 Å². The topological polar surface area (TPSA) is 0 Å². The van der Waals surface area contributed by atoms with Crippen LogP contribution in [-0.4, -0.2) is 5.88 Å². The molecule has 0 rings (SSSR count). The summed E-state index contributed by atoms with van der Waals surface area (Å²) in [6, 6.07) is 0. The summed E-state index contributed by atoms with van der Waals surface area (Å²) < 4.78 is 0. The highest BCUT2D eigenvalue weighted by Gasteiger charge is 2.06. The molecular weight excluding hydrogens is 156 g/mol. The summed E-state index contributed by atoms with van der Waals surface area (Å²) in [5.74, 6) is 1.30. The summed E-state index contributed by atoms with van der Waals surface area (Å²) in [7, 11) is 0. The molecule has 0 saturated heterocycles. The first-order chi connectivity index (χ1) is 5.11. The number of rotatable bonds is 5. The molecule has 1 heteroatoms. The van der Waals surface area contributed by atoms with Gasteiger partial charge in [-0.25, -0.2) is 0 Å². The van der Waals surface area contributed by atoms with Crippen LogP contribution in [0.4, 0.5) is 0 Å². The summed E-state index contributed by atoms with van der Waals surface area (Å²) in [5.41, 5.74) is 2.21. The molecule has 0 bridgehead atoms. The molecule has 0 aromatic carbocycles. The molecular formula is C10H17Cl. The summed E-state index contributed by atoms with van der Waals surface area (Å²) in [6.45, 7) is 11.9. The van der Waals surface area contributed by atoms with Gasteiger partial charge in [0.05, 0.1) is 0 Å². The average Bonchev–Trinajstić information content (AvgIpc) is 1.99. The minimum Gasteiger partial charge on any atom is -0.126 e. The van der Waals surface area contributed by atoms with E-state index in [1.807, 2.05) is 6.92 Å². The van der Waals surface area contributed by atoms with Gasteiger partial charge in [0.1, 0.15) is 0 Å². The smallest absolute Gasteiger partial charge is 0.0254 e. The van der Waals surface area contributed by atoms with Crippen molar-refractivity contribution in [3.05, 3.63) is 24.3 Å². The van der Waals surface area contributed by atoms with Crippen LogP contribution in [0.15, 0.2) is 24.3 Å². The molecule has 1 atom stereocenters. The molecule has 0 aromatic rings. The molecule has 0 aliphatic heterocycles. The normalized spacial score (nSPS) is 12.6. The van der Waals surface area contributed by atoms with E-state index in [0.29, 0.717) is 5.92 Å². The molecule has 0 heterocycles. The van der Waals surface area contributed by atoms with Gasteiger partial charge in [0.25, 0.3) is 0 Å². The number of allylic oxidation sites excluding steroid dienone is 2. The van der Waals surface area contributed by atoms with Gasteiger partial charge < -0.3 is 0 Å². The highest BCUT2D eigenvalue weighted by molar-refractivity contribution is 6.18. The van der Waals surface area contributed by atoms with Gasteiger partial charge in [-0.1, -0.05) is 37.6 Å². The van der Waals surface area contributed by atoms with Crippen molar-refractivity contribution in [2.24, 2.45) is 5.92 Å². The van der Waals surface area contributed by atoms with Crippen molar-refractivity contribution >= 4 is 11.6 Å². The van der Waals surface area contributed by atoms with E-state index in [9.17, 15) is 0 Å². The Morgan fingerprint density at radius 2 is 2.00 bits per heavy atom. The lowest BCUT2D eigenvalue weighted by molar-refractivity contribution is 0.567. The van der Waals surface area contributed by atoms with Crippen molar-refractivity contribution in [2.75, 3.05) is 5.88 Å². The van der Waals surface area contributed by atoms with Crippen LogP contribution in [0.2, 0.25) is 0 Å². The SMILES string of the molecule is C=C(C)C(=C)CC(CC)CCl. The fraction of sp³-hybridized carbons (Fsp3) is 0.600. The van der Waals surface area contributed by atoms with E-state index in [-0.39, 0.29) is 0 Å². The summed E-state index contributed by atoms with van der Waals surface area (Å²) in [6.07, 6.45) is 2.12. The Kier molecular flexibility index (Phi) is 5.31. The average molecular weight is 173 g/mol. The lowest BCUT2D eigenvalue weighted by Gasteiger charge is -2.12. The van der Waals surface area contributed by atoms with Crippen LogP contribution in [0.1, 0.15) is 26.7 Å². The van der Waals surface area contributed by atoms with Crippen LogP contribution in [0.5, 0.6) is 0 Å². The van der Waals surface area contributed by atoms with Crippen molar-refractivity contribution in [3.8, 4) is 0 Å². The van der Waals surface area contributed by atoms with Gasteiger partial charge >= 0.3 is 0 Å². The van der Waals surface area contributed by atoms with Crippen LogP contribution < -0.4 is 0 Å². The lowest BCUT2D eigenvalue weighted by atomic mass is 9.96. The lowest BCUT2D eigenvalue weighted by Crippen LogP contribution is -2.01. The fourth-order valence-electron chi connectivity index (χ4n) is 0.831. The van der Waals surface area contributed by atoms with Crippen molar-refractivity contribution in [1.82, 2.24) is 0 Å². The zero-order valence-corrected chi connectivity index (χ0v) is 8.25. The molecule has 0 amide bonds. The minimum absolute atomic E-state index is 0.570. The Bertz CT molecular complexity index is 143. The van der Waals surface area contributed by atoms with Gasteiger partial charge in [0, 0.05) is 5.88 Å². The van der Waals surface area contributed by atoms with Gasteiger partial charge in [-0.15, -0.1) is 11.6 Å². The molecule has 0 aliphatic rings. The molecule has 0 saturated carbocycles. The van der Waals surface area contributed by atoms with Crippen LogP contribution in [0.3, 0.4) is 0 Å².